The van der Waals surface area contributed by atoms with E-state index in [0.29, 0.717) is 42.6 Å². The Bertz CT molecular complexity index is 1570. The van der Waals surface area contributed by atoms with E-state index in [1.54, 1.807) is 36.4 Å². The summed E-state index contributed by atoms with van der Waals surface area (Å²) in [6.07, 6.45) is 0.569. The molecule has 3 aromatic carbocycles. The number of carbonyl (C=O) groups is 2. The monoisotopic (exact) mass is 533 g/mol. The number of anilines is 2. The number of ketones is 1. The molecule has 10 heteroatoms. The summed E-state index contributed by atoms with van der Waals surface area (Å²) in [4.78, 5) is 36.5. The summed E-state index contributed by atoms with van der Waals surface area (Å²) in [5.74, 6) is -3.17. The van der Waals surface area contributed by atoms with Gasteiger partial charge < -0.3 is 20.9 Å². The van der Waals surface area contributed by atoms with Crippen LogP contribution in [0, 0.1) is 11.6 Å². The van der Waals surface area contributed by atoms with Gasteiger partial charge in [0.15, 0.2) is 5.78 Å². The van der Waals surface area contributed by atoms with Crippen molar-refractivity contribution in [3.63, 3.8) is 0 Å². The van der Waals surface area contributed by atoms with Crippen molar-refractivity contribution in [2.45, 2.75) is 12.8 Å². The molecule has 0 atom stereocenters. The number of aromatic nitrogens is 1. The lowest BCUT2D eigenvalue weighted by atomic mass is 10.0. The molecule has 200 valence electrons. The van der Waals surface area contributed by atoms with Crippen molar-refractivity contribution in [1.29, 1.82) is 0 Å². The molecular formula is C29H25F2N3O5. The van der Waals surface area contributed by atoms with Gasteiger partial charge in [-0.15, -0.1) is 0 Å². The summed E-state index contributed by atoms with van der Waals surface area (Å²) >= 11 is 0. The standard InChI is InChI=1S/C29H25F2N3O5/c30-19-6-11-22(24(31)17-19)28(38)23-12-13-26(35)34(29(23)32)20-7-9-21(10-8-20)39-15-3-14-33-25-5-2-1-4-18(25)16-27(36)37/h1-2,4-13,17,33H,3,14-16,32H2,(H,36,37). The van der Waals surface area contributed by atoms with Crippen LogP contribution in [0.25, 0.3) is 5.69 Å². The predicted molar refractivity (Wildman–Crippen MR) is 143 cm³/mol. The lowest BCUT2D eigenvalue weighted by Gasteiger charge is -2.14. The summed E-state index contributed by atoms with van der Waals surface area (Å²) in [7, 11) is 0. The first-order valence-corrected chi connectivity index (χ1v) is 12.0. The van der Waals surface area contributed by atoms with E-state index in [0.717, 1.165) is 28.5 Å². The van der Waals surface area contributed by atoms with Gasteiger partial charge in [-0.2, -0.15) is 0 Å². The number of hydrogen-bond acceptors (Lipinski definition) is 6. The number of nitrogens with zero attached hydrogens (tertiary/aromatic N) is 1. The lowest BCUT2D eigenvalue weighted by Crippen LogP contribution is -2.23. The van der Waals surface area contributed by atoms with Crippen LogP contribution in [0.15, 0.2) is 83.7 Å². The topological polar surface area (TPSA) is 124 Å². The second kappa shape index (κ2) is 12.0. The van der Waals surface area contributed by atoms with Crippen LogP contribution in [-0.2, 0) is 11.2 Å². The normalized spacial score (nSPS) is 10.7. The first-order chi connectivity index (χ1) is 18.7. The van der Waals surface area contributed by atoms with E-state index >= 15 is 0 Å². The van der Waals surface area contributed by atoms with Crippen LogP contribution >= 0.6 is 0 Å². The maximum absolute atomic E-state index is 14.2. The molecule has 0 radical (unpaired) electrons. The van der Waals surface area contributed by atoms with Crippen molar-refractivity contribution in [3.8, 4) is 11.4 Å². The second-order valence-corrected chi connectivity index (χ2v) is 8.61. The number of carboxylic acids is 1. The maximum Gasteiger partial charge on any atom is 0.307 e. The fourth-order valence-corrected chi connectivity index (χ4v) is 4.02. The van der Waals surface area contributed by atoms with Crippen molar-refractivity contribution in [2.24, 2.45) is 0 Å². The number of pyridine rings is 1. The lowest BCUT2D eigenvalue weighted by molar-refractivity contribution is -0.136. The van der Waals surface area contributed by atoms with Crippen LogP contribution in [0.3, 0.4) is 0 Å². The van der Waals surface area contributed by atoms with Crippen molar-refractivity contribution >= 4 is 23.3 Å². The molecule has 39 heavy (non-hydrogen) atoms. The molecule has 0 unspecified atom stereocenters. The van der Waals surface area contributed by atoms with Crippen LogP contribution in [0.4, 0.5) is 20.3 Å². The number of para-hydroxylation sites is 1. The van der Waals surface area contributed by atoms with E-state index in [-0.39, 0.29) is 23.4 Å². The number of nitrogens with one attached hydrogen (secondary N) is 1. The molecule has 0 amide bonds. The zero-order valence-corrected chi connectivity index (χ0v) is 20.7. The molecule has 4 aromatic rings. The number of hydrogen-bond donors (Lipinski definition) is 3. The van der Waals surface area contributed by atoms with Gasteiger partial charge in [-0.05, 0) is 60.5 Å². The molecule has 0 spiro atoms. The van der Waals surface area contributed by atoms with Crippen LogP contribution in [0.1, 0.15) is 27.9 Å². The van der Waals surface area contributed by atoms with Gasteiger partial charge in [0.1, 0.15) is 23.2 Å². The second-order valence-electron chi connectivity index (χ2n) is 8.61. The van der Waals surface area contributed by atoms with Gasteiger partial charge in [-0.3, -0.25) is 19.0 Å². The predicted octanol–water partition coefficient (Wildman–Crippen LogP) is 4.44. The molecule has 4 rings (SSSR count). The highest BCUT2D eigenvalue weighted by Gasteiger charge is 2.20. The first-order valence-electron chi connectivity index (χ1n) is 12.0. The third kappa shape index (κ3) is 6.48. The van der Waals surface area contributed by atoms with E-state index < -0.39 is 28.9 Å². The number of nitrogen functional groups attached to an aromatic ring is 1. The van der Waals surface area contributed by atoms with Crippen molar-refractivity contribution < 1.29 is 28.2 Å². The number of carboxylic acid groups (broad SMARTS) is 1. The van der Waals surface area contributed by atoms with Gasteiger partial charge >= 0.3 is 5.97 Å². The molecule has 0 fully saturated rings. The van der Waals surface area contributed by atoms with Crippen LogP contribution in [0.5, 0.6) is 5.75 Å². The number of rotatable bonds is 11. The van der Waals surface area contributed by atoms with Crippen LogP contribution in [0.2, 0.25) is 0 Å². The minimum atomic E-state index is -1.03. The highest BCUT2D eigenvalue weighted by Crippen LogP contribution is 2.22. The minimum Gasteiger partial charge on any atom is -0.494 e. The quantitative estimate of drug-likeness (QED) is 0.192. The molecule has 1 heterocycles. The number of benzene rings is 3. The SMILES string of the molecule is Nc1c(C(=O)c2ccc(F)cc2F)ccc(=O)n1-c1ccc(OCCCNc2ccccc2CC(=O)O)cc1. The molecule has 0 saturated carbocycles. The Labute approximate surface area is 222 Å². The zero-order valence-electron chi connectivity index (χ0n) is 20.7. The smallest absolute Gasteiger partial charge is 0.307 e. The van der Waals surface area contributed by atoms with Gasteiger partial charge in [0.2, 0.25) is 0 Å². The van der Waals surface area contributed by atoms with Crippen LogP contribution in [-0.4, -0.2) is 34.6 Å². The molecule has 1 aromatic heterocycles. The van der Waals surface area contributed by atoms with E-state index in [4.69, 9.17) is 15.6 Å². The molecule has 8 nitrogen and oxygen atoms in total. The van der Waals surface area contributed by atoms with Crippen molar-refractivity contribution in [3.05, 3.63) is 118 Å². The minimum absolute atomic E-state index is 0.0696. The number of halogens is 2. The Balaban J connectivity index is 1.40. The molecule has 0 aliphatic rings. The zero-order chi connectivity index (χ0) is 27.9. The van der Waals surface area contributed by atoms with Gasteiger partial charge in [0.05, 0.1) is 29.8 Å². The molecule has 0 saturated heterocycles. The molecular weight excluding hydrogens is 508 g/mol. The number of carbonyl (C=O) groups excluding carboxylic acids is 1. The Morgan fingerprint density at radius 3 is 2.38 bits per heavy atom. The van der Waals surface area contributed by atoms with Crippen molar-refractivity contribution in [1.82, 2.24) is 4.57 Å². The van der Waals surface area contributed by atoms with E-state index in [1.165, 1.54) is 6.07 Å². The maximum atomic E-state index is 14.2. The number of nitrogens with two attached hydrogens (primary N) is 1. The third-order valence-corrected chi connectivity index (χ3v) is 5.91. The number of aliphatic carboxylic acids is 1. The Morgan fingerprint density at radius 1 is 0.949 bits per heavy atom. The number of ether oxygens (including phenoxy) is 1. The van der Waals surface area contributed by atoms with Crippen molar-refractivity contribution in [2.75, 3.05) is 24.2 Å². The van der Waals surface area contributed by atoms with Crippen LogP contribution < -0.4 is 21.3 Å². The van der Waals surface area contributed by atoms with Gasteiger partial charge in [0.25, 0.3) is 5.56 Å². The Hall–Kier alpha value is -4.99. The van der Waals surface area contributed by atoms with E-state index in [2.05, 4.69) is 5.32 Å². The molecule has 0 aliphatic heterocycles. The van der Waals surface area contributed by atoms with E-state index in [9.17, 15) is 23.2 Å². The van der Waals surface area contributed by atoms with Gasteiger partial charge in [-0.1, -0.05) is 18.2 Å². The summed E-state index contributed by atoms with van der Waals surface area (Å²) in [5.41, 5.74) is 7.02. The Kier molecular flexibility index (Phi) is 8.35. The summed E-state index contributed by atoms with van der Waals surface area (Å²) in [5, 5.41) is 12.3. The third-order valence-electron chi connectivity index (χ3n) is 5.91. The summed E-state index contributed by atoms with van der Waals surface area (Å²) in [6, 6.07) is 18.6. The average molecular weight is 534 g/mol. The van der Waals surface area contributed by atoms with Gasteiger partial charge in [-0.25, -0.2) is 8.78 Å². The van der Waals surface area contributed by atoms with E-state index in [1.807, 2.05) is 12.1 Å². The summed E-state index contributed by atoms with van der Waals surface area (Å²) in [6.45, 7) is 0.943. The largest absolute Gasteiger partial charge is 0.494 e. The highest BCUT2D eigenvalue weighted by molar-refractivity contribution is 6.11. The Morgan fingerprint density at radius 2 is 1.67 bits per heavy atom. The average Bonchev–Trinajstić information content (AvgIpc) is 2.90. The molecule has 0 bridgehead atoms. The fourth-order valence-electron chi connectivity index (χ4n) is 4.02. The van der Waals surface area contributed by atoms with Gasteiger partial charge in [0, 0.05) is 24.4 Å². The highest BCUT2D eigenvalue weighted by atomic mass is 19.1. The summed E-state index contributed by atoms with van der Waals surface area (Å²) < 4.78 is 34.3. The fraction of sp³-hybridized carbons (Fsp3) is 0.138. The molecule has 4 N–H and O–H groups in total. The first kappa shape index (κ1) is 27.1. The molecule has 0 aliphatic carbocycles.